The average Bonchev–Trinajstić information content (AvgIpc) is 3.25. The van der Waals surface area contributed by atoms with E-state index in [1.807, 2.05) is 70.2 Å². The maximum absolute atomic E-state index is 13.3. The Balaban J connectivity index is 1.64. The SMILES string of the molecule is COc1ccc(C(Oc2ccc3c(cnn3-c3ccc(F)cc3)c2)C(C)NC(=O)C(C)(C)C)cc1. The van der Waals surface area contributed by atoms with Crippen LogP contribution in [-0.2, 0) is 4.79 Å². The van der Waals surface area contributed by atoms with Crippen LogP contribution in [0.1, 0.15) is 39.4 Å². The number of carbonyl (C=O) groups excluding carboxylic acids is 1. The molecule has 2 unspecified atom stereocenters. The molecule has 0 bridgehead atoms. The Hall–Kier alpha value is -3.87. The molecule has 0 saturated carbocycles. The molecule has 0 aliphatic carbocycles. The van der Waals surface area contributed by atoms with Crippen molar-refractivity contribution in [3.05, 3.63) is 84.3 Å². The minimum atomic E-state index is -0.521. The molecular weight excluding hydrogens is 445 g/mol. The number of carbonyl (C=O) groups is 1. The molecule has 1 aromatic heterocycles. The molecule has 0 spiro atoms. The Morgan fingerprint density at radius 1 is 1.00 bits per heavy atom. The molecule has 7 heteroatoms. The highest BCUT2D eigenvalue weighted by molar-refractivity contribution is 5.82. The van der Waals surface area contributed by atoms with Crippen molar-refractivity contribution in [1.29, 1.82) is 0 Å². The van der Waals surface area contributed by atoms with Crippen LogP contribution in [0, 0.1) is 11.2 Å². The molecule has 0 fully saturated rings. The number of halogens is 1. The minimum absolute atomic E-state index is 0.0526. The van der Waals surface area contributed by atoms with Gasteiger partial charge in [0.15, 0.2) is 0 Å². The molecule has 0 aliphatic heterocycles. The summed E-state index contributed by atoms with van der Waals surface area (Å²) >= 11 is 0. The first-order chi connectivity index (χ1) is 16.7. The zero-order chi connectivity index (χ0) is 25.2. The van der Waals surface area contributed by atoms with E-state index in [4.69, 9.17) is 9.47 Å². The predicted molar refractivity (Wildman–Crippen MR) is 134 cm³/mol. The van der Waals surface area contributed by atoms with Crippen LogP contribution < -0.4 is 14.8 Å². The van der Waals surface area contributed by atoms with E-state index in [9.17, 15) is 9.18 Å². The highest BCUT2D eigenvalue weighted by atomic mass is 19.1. The van der Waals surface area contributed by atoms with E-state index in [0.717, 1.165) is 27.9 Å². The number of hydrogen-bond acceptors (Lipinski definition) is 4. The maximum Gasteiger partial charge on any atom is 0.225 e. The van der Waals surface area contributed by atoms with Gasteiger partial charge in [0.2, 0.25) is 5.91 Å². The first kappa shape index (κ1) is 24.3. The standard InChI is InChI=1S/C28H30FN3O3/c1-18(31-27(33)28(2,3)4)26(19-6-12-23(34-5)13-7-19)35-24-14-15-25-20(16-24)17-30-32(25)22-10-8-21(29)9-11-22/h6-18,26H,1-5H3,(H,31,33). The number of rotatable bonds is 7. The number of amides is 1. The van der Waals surface area contributed by atoms with Crippen LogP contribution in [0.2, 0.25) is 0 Å². The second-order valence-corrected chi connectivity index (χ2v) is 9.58. The van der Waals surface area contributed by atoms with Gasteiger partial charge >= 0.3 is 0 Å². The summed E-state index contributed by atoms with van der Waals surface area (Å²) < 4.78 is 26.8. The average molecular weight is 476 g/mol. The third-order valence-electron chi connectivity index (χ3n) is 5.81. The number of ether oxygens (including phenoxy) is 2. The topological polar surface area (TPSA) is 65.4 Å². The normalized spacial score (nSPS) is 13.3. The van der Waals surface area contributed by atoms with Gasteiger partial charge < -0.3 is 14.8 Å². The van der Waals surface area contributed by atoms with Gasteiger partial charge in [-0.2, -0.15) is 5.10 Å². The Labute approximate surface area is 204 Å². The lowest BCUT2D eigenvalue weighted by atomic mass is 9.94. The van der Waals surface area contributed by atoms with Gasteiger partial charge in [0, 0.05) is 10.8 Å². The predicted octanol–water partition coefficient (Wildman–Crippen LogP) is 5.84. The molecular formula is C28H30FN3O3. The van der Waals surface area contributed by atoms with Gasteiger partial charge in [-0.15, -0.1) is 0 Å². The Kier molecular flexibility index (Phi) is 6.78. The molecule has 4 aromatic rings. The van der Waals surface area contributed by atoms with Crippen molar-refractivity contribution in [3.8, 4) is 17.2 Å². The van der Waals surface area contributed by atoms with E-state index >= 15 is 0 Å². The Morgan fingerprint density at radius 2 is 1.66 bits per heavy atom. The van der Waals surface area contributed by atoms with E-state index in [0.29, 0.717) is 5.75 Å². The lowest BCUT2D eigenvalue weighted by Crippen LogP contribution is -2.44. The van der Waals surface area contributed by atoms with Crippen LogP contribution >= 0.6 is 0 Å². The van der Waals surface area contributed by atoms with E-state index in [2.05, 4.69) is 10.4 Å². The van der Waals surface area contributed by atoms with Crippen LogP contribution in [0.3, 0.4) is 0 Å². The van der Waals surface area contributed by atoms with E-state index in [1.165, 1.54) is 12.1 Å². The molecule has 2 atom stereocenters. The highest BCUT2D eigenvalue weighted by Gasteiger charge is 2.28. The second kappa shape index (κ2) is 9.78. The fourth-order valence-corrected chi connectivity index (χ4v) is 3.77. The van der Waals surface area contributed by atoms with Crippen molar-refractivity contribution in [2.24, 2.45) is 5.41 Å². The Morgan fingerprint density at radius 3 is 2.29 bits per heavy atom. The van der Waals surface area contributed by atoms with Gasteiger partial charge in [-0.05, 0) is 67.1 Å². The monoisotopic (exact) mass is 475 g/mol. The van der Waals surface area contributed by atoms with Crippen LogP contribution in [0.25, 0.3) is 16.6 Å². The van der Waals surface area contributed by atoms with Crippen molar-refractivity contribution in [2.75, 3.05) is 7.11 Å². The van der Waals surface area contributed by atoms with Gasteiger partial charge in [0.25, 0.3) is 0 Å². The summed E-state index contributed by atoms with van der Waals surface area (Å²) in [4.78, 5) is 12.7. The Bertz CT molecular complexity index is 1310. The number of nitrogens with one attached hydrogen (secondary N) is 1. The summed E-state index contributed by atoms with van der Waals surface area (Å²) in [5, 5.41) is 8.44. The molecule has 0 radical (unpaired) electrons. The second-order valence-electron chi connectivity index (χ2n) is 9.58. The van der Waals surface area contributed by atoms with Crippen molar-refractivity contribution in [2.45, 2.75) is 39.8 Å². The van der Waals surface area contributed by atoms with Crippen molar-refractivity contribution in [3.63, 3.8) is 0 Å². The van der Waals surface area contributed by atoms with Gasteiger partial charge in [-0.1, -0.05) is 32.9 Å². The van der Waals surface area contributed by atoms with Crippen molar-refractivity contribution >= 4 is 16.8 Å². The summed E-state index contributed by atoms with van der Waals surface area (Å²) in [6.45, 7) is 7.57. The molecule has 1 N–H and O–H groups in total. The zero-order valence-corrected chi connectivity index (χ0v) is 20.6. The highest BCUT2D eigenvalue weighted by Crippen LogP contribution is 2.30. The number of methoxy groups -OCH3 is 1. The molecule has 6 nitrogen and oxygen atoms in total. The minimum Gasteiger partial charge on any atom is -0.497 e. The zero-order valence-electron chi connectivity index (χ0n) is 20.6. The fourth-order valence-electron chi connectivity index (χ4n) is 3.77. The molecule has 4 rings (SSSR count). The number of hydrogen-bond donors (Lipinski definition) is 1. The summed E-state index contributed by atoms with van der Waals surface area (Å²) in [6.07, 6.45) is 1.32. The van der Waals surface area contributed by atoms with Crippen LogP contribution in [0.5, 0.6) is 11.5 Å². The van der Waals surface area contributed by atoms with Crippen LogP contribution in [-0.4, -0.2) is 28.8 Å². The van der Waals surface area contributed by atoms with Gasteiger partial charge in [-0.25, -0.2) is 9.07 Å². The summed E-state index contributed by atoms with van der Waals surface area (Å²) in [5.41, 5.74) is 2.03. The molecule has 1 heterocycles. The first-order valence-corrected chi connectivity index (χ1v) is 11.5. The molecule has 1 amide bonds. The molecule has 3 aromatic carbocycles. The number of aromatic nitrogens is 2. The summed E-state index contributed by atoms with van der Waals surface area (Å²) in [5.74, 6) is 1.05. The lowest BCUT2D eigenvalue weighted by Gasteiger charge is -2.29. The molecule has 0 aliphatic rings. The smallest absolute Gasteiger partial charge is 0.225 e. The third-order valence-corrected chi connectivity index (χ3v) is 5.81. The van der Waals surface area contributed by atoms with Gasteiger partial charge in [0.1, 0.15) is 23.4 Å². The van der Waals surface area contributed by atoms with Crippen molar-refractivity contribution < 1.29 is 18.7 Å². The van der Waals surface area contributed by atoms with Crippen LogP contribution in [0.4, 0.5) is 4.39 Å². The van der Waals surface area contributed by atoms with E-state index in [-0.39, 0.29) is 17.8 Å². The lowest BCUT2D eigenvalue weighted by molar-refractivity contribution is -0.129. The number of nitrogens with zero attached hydrogens (tertiary/aromatic N) is 2. The quantitative estimate of drug-likeness (QED) is 0.364. The third kappa shape index (κ3) is 5.45. The number of fused-ring (bicyclic) bond motifs is 1. The van der Waals surface area contributed by atoms with E-state index in [1.54, 1.807) is 30.1 Å². The van der Waals surface area contributed by atoms with Crippen LogP contribution in [0.15, 0.2) is 72.9 Å². The first-order valence-electron chi connectivity index (χ1n) is 11.5. The largest absolute Gasteiger partial charge is 0.497 e. The molecule has 0 saturated heterocycles. The van der Waals surface area contributed by atoms with Gasteiger partial charge in [0.05, 0.1) is 30.6 Å². The van der Waals surface area contributed by atoms with Crippen molar-refractivity contribution in [1.82, 2.24) is 15.1 Å². The van der Waals surface area contributed by atoms with Gasteiger partial charge in [-0.3, -0.25) is 4.79 Å². The number of benzene rings is 3. The molecule has 182 valence electrons. The van der Waals surface area contributed by atoms with E-state index < -0.39 is 11.5 Å². The maximum atomic E-state index is 13.3. The molecule has 35 heavy (non-hydrogen) atoms. The summed E-state index contributed by atoms with van der Waals surface area (Å²) in [7, 11) is 1.62. The summed E-state index contributed by atoms with van der Waals surface area (Å²) in [6, 6.07) is 19.2. The fraction of sp³-hybridized carbons (Fsp3) is 0.286.